The summed E-state index contributed by atoms with van der Waals surface area (Å²) in [5.74, 6) is 1.06. The van der Waals surface area contributed by atoms with Crippen molar-refractivity contribution in [1.29, 1.82) is 0 Å². The Balaban J connectivity index is 2.12. The highest BCUT2D eigenvalue weighted by atomic mass is 32.1. The molecule has 2 heterocycles. The average molecular weight is 208 g/mol. The first-order valence-corrected chi connectivity index (χ1v) is 5.30. The van der Waals surface area contributed by atoms with Gasteiger partial charge in [0.1, 0.15) is 5.82 Å². The number of imidazole rings is 1. The fourth-order valence-corrected chi connectivity index (χ4v) is 1.89. The first kappa shape index (κ1) is 9.36. The van der Waals surface area contributed by atoms with E-state index in [-0.39, 0.29) is 0 Å². The fraction of sp³-hybridized carbons (Fsp3) is 0.333. The molecule has 0 aliphatic carbocycles. The first-order chi connectivity index (χ1) is 6.90. The van der Waals surface area contributed by atoms with E-state index in [1.165, 1.54) is 4.88 Å². The minimum absolute atomic E-state index is 0.797. The number of hydrogen-bond donors (Lipinski definition) is 1. The lowest BCUT2D eigenvalue weighted by atomic mass is 10.5. The summed E-state index contributed by atoms with van der Waals surface area (Å²) < 4.78 is 2.13. The van der Waals surface area contributed by atoms with Crippen LogP contribution in [0.1, 0.15) is 10.7 Å². The van der Waals surface area contributed by atoms with E-state index in [1.54, 1.807) is 11.3 Å². The van der Waals surface area contributed by atoms with Crippen molar-refractivity contribution in [2.75, 3.05) is 7.05 Å². The summed E-state index contributed by atoms with van der Waals surface area (Å²) in [6.45, 7) is 1.66. The molecule has 5 heteroatoms. The molecule has 0 aliphatic heterocycles. The molecule has 4 nitrogen and oxygen atoms in total. The smallest absolute Gasteiger partial charge is 0.122 e. The van der Waals surface area contributed by atoms with Crippen molar-refractivity contribution >= 4 is 11.3 Å². The SMILES string of the molecule is CNCc1nccn1Cc1cncs1. The van der Waals surface area contributed by atoms with Crippen LogP contribution >= 0.6 is 11.3 Å². The van der Waals surface area contributed by atoms with Crippen molar-refractivity contribution in [2.24, 2.45) is 0 Å². The van der Waals surface area contributed by atoms with E-state index in [1.807, 2.05) is 31.1 Å². The number of thiazole rings is 1. The topological polar surface area (TPSA) is 42.7 Å². The van der Waals surface area contributed by atoms with Gasteiger partial charge in [-0.2, -0.15) is 0 Å². The second-order valence-electron chi connectivity index (χ2n) is 2.97. The Morgan fingerprint density at radius 3 is 3.21 bits per heavy atom. The van der Waals surface area contributed by atoms with Gasteiger partial charge in [0.2, 0.25) is 0 Å². The lowest BCUT2D eigenvalue weighted by molar-refractivity contribution is 0.677. The second-order valence-corrected chi connectivity index (χ2v) is 3.94. The van der Waals surface area contributed by atoms with Crippen molar-refractivity contribution in [3.63, 3.8) is 0 Å². The Hall–Kier alpha value is -1.20. The third-order valence-electron chi connectivity index (χ3n) is 1.95. The summed E-state index contributed by atoms with van der Waals surface area (Å²) >= 11 is 1.67. The number of nitrogens with zero attached hydrogens (tertiary/aromatic N) is 3. The number of hydrogen-bond acceptors (Lipinski definition) is 4. The molecule has 0 radical (unpaired) electrons. The van der Waals surface area contributed by atoms with E-state index in [4.69, 9.17) is 0 Å². The molecule has 0 bridgehead atoms. The molecule has 0 aromatic carbocycles. The Bertz CT molecular complexity index is 379. The molecular formula is C9H12N4S. The zero-order valence-electron chi connectivity index (χ0n) is 7.97. The van der Waals surface area contributed by atoms with Crippen molar-refractivity contribution in [1.82, 2.24) is 19.9 Å². The van der Waals surface area contributed by atoms with Crippen molar-refractivity contribution < 1.29 is 0 Å². The van der Waals surface area contributed by atoms with Crippen LogP contribution in [-0.2, 0) is 13.1 Å². The molecule has 0 saturated heterocycles. The van der Waals surface area contributed by atoms with Crippen molar-refractivity contribution in [3.05, 3.63) is 34.8 Å². The summed E-state index contributed by atoms with van der Waals surface area (Å²) in [4.78, 5) is 9.57. The molecule has 0 saturated carbocycles. The standard InChI is InChI=1S/C9H12N4S/c1-10-5-9-12-2-3-13(9)6-8-4-11-7-14-8/h2-4,7,10H,5-6H2,1H3. The van der Waals surface area contributed by atoms with E-state index in [0.717, 1.165) is 18.9 Å². The van der Waals surface area contributed by atoms with E-state index in [9.17, 15) is 0 Å². The van der Waals surface area contributed by atoms with Gasteiger partial charge in [-0.25, -0.2) is 4.98 Å². The molecule has 1 N–H and O–H groups in total. The molecule has 74 valence electrons. The largest absolute Gasteiger partial charge is 0.329 e. The summed E-state index contributed by atoms with van der Waals surface area (Å²) in [6.07, 6.45) is 5.72. The second kappa shape index (κ2) is 4.34. The number of rotatable bonds is 4. The number of aromatic nitrogens is 3. The maximum Gasteiger partial charge on any atom is 0.122 e. The maximum atomic E-state index is 4.27. The summed E-state index contributed by atoms with van der Waals surface area (Å²) in [6, 6.07) is 0. The van der Waals surface area contributed by atoms with Crippen molar-refractivity contribution in [2.45, 2.75) is 13.1 Å². The van der Waals surface area contributed by atoms with Crippen LogP contribution in [0.25, 0.3) is 0 Å². The lowest BCUT2D eigenvalue weighted by Crippen LogP contribution is -2.12. The fourth-order valence-electron chi connectivity index (χ4n) is 1.30. The molecular weight excluding hydrogens is 196 g/mol. The molecule has 0 aliphatic rings. The maximum absolute atomic E-state index is 4.27. The Morgan fingerprint density at radius 1 is 1.57 bits per heavy atom. The van der Waals surface area contributed by atoms with Gasteiger partial charge in [-0.05, 0) is 7.05 Å². The third-order valence-corrected chi connectivity index (χ3v) is 2.71. The van der Waals surface area contributed by atoms with E-state index < -0.39 is 0 Å². The highest BCUT2D eigenvalue weighted by Gasteiger charge is 2.02. The molecule has 0 atom stereocenters. The van der Waals surface area contributed by atoms with E-state index in [2.05, 4.69) is 19.9 Å². The Morgan fingerprint density at radius 2 is 2.50 bits per heavy atom. The van der Waals surface area contributed by atoms with Crippen LogP contribution in [0.3, 0.4) is 0 Å². The monoisotopic (exact) mass is 208 g/mol. The van der Waals surface area contributed by atoms with E-state index in [0.29, 0.717) is 0 Å². The molecule has 0 spiro atoms. The van der Waals surface area contributed by atoms with Gasteiger partial charge in [0.25, 0.3) is 0 Å². The lowest BCUT2D eigenvalue weighted by Gasteiger charge is -2.04. The molecule has 2 rings (SSSR count). The van der Waals surface area contributed by atoms with Crippen LogP contribution in [0.4, 0.5) is 0 Å². The zero-order chi connectivity index (χ0) is 9.80. The van der Waals surface area contributed by atoms with Crippen LogP contribution in [0.15, 0.2) is 24.1 Å². The predicted molar refractivity (Wildman–Crippen MR) is 56.2 cm³/mol. The van der Waals surface area contributed by atoms with Crippen LogP contribution < -0.4 is 5.32 Å². The molecule has 2 aromatic heterocycles. The van der Waals surface area contributed by atoms with Gasteiger partial charge in [-0.1, -0.05) is 0 Å². The molecule has 14 heavy (non-hydrogen) atoms. The Labute approximate surface area is 86.6 Å². The van der Waals surface area contributed by atoms with Gasteiger partial charge in [-0.3, -0.25) is 4.98 Å². The highest BCUT2D eigenvalue weighted by molar-refractivity contribution is 7.09. The normalized spacial score (nSPS) is 10.6. The van der Waals surface area contributed by atoms with Gasteiger partial charge in [0, 0.05) is 23.5 Å². The minimum atomic E-state index is 0.797. The molecule has 2 aromatic rings. The van der Waals surface area contributed by atoms with Gasteiger partial charge in [0.15, 0.2) is 0 Å². The minimum Gasteiger partial charge on any atom is -0.329 e. The van der Waals surface area contributed by atoms with Gasteiger partial charge >= 0.3 is 0 Å². The highest BCUT2D eigenvalue weighted by Crippen LogP contribution is 2.09. The molecule has 0 amide bonds. The summed E-state index contributed by atoms with van der Waals surface area (Å²) in [5, 5.41) is 3.09. The van der Waals surface area contributed by atoms with Gasteiger partial charge in [-0.15, -0.1) is 11.3 Å². The van der Waals surface area contributed by atoms with Crippen LogP contribution in [0.5, 0.6) is 0 Å². The summed E-state index contributed by atoms with van der Waals surface area (Å²) in [5.41, 5.74) is 1.85. The van der Waals surface area contributed by atoms with Crippen LogP contribution in [0, 0.1) is 0 Å². The van der Waals surface area contributed by atoms with Crippen LogP contribution in [-0.4, -0.2) is 21.6 Å². The van der Waals surface area contributed by atoms with Crippen LogP contribution in [0.2, 0.25) is 0 Å². The van der Waals surface area contributed by atoms with E-state index >= 15 is 0 Å². The first-order valence-electron chi connectivity index (χ1n) is 4.42. The average Bonchev–Trinajstić information content (AvgIpc) is 2.80. The quantitative estimate of drug-likeness (QED) is 0.818. The summed E-state index contributed by atoms with van der Waals surface area (Å²) in [7, 11) is 1.92. The predicted octanol–water partition coefficient (Wildman–Crippen LogP) is 1.11. The van der Waals surface area contributed by atoms with Crippen molar-refractivity contribution in [3.8, 4) is 0 Å². The van der Waals surface area contributed by atoms with Gasteiger partial charge < -0.3 is 9.88 Å². The number of nitrogens with one attached hydrogen (secondary N) is 1. The molecule has 0 unspecified atom stereocenters. The third kappa shape index (κ3) is 2.00. The Kier molecular flexibility index (Phi) is 2.90. The molecule has 0 fully saturated rings. The van der Waals surface area contributed by atoms with Gasteiger partial charge in [0.05, 0.1) is 18.6 Å². The zero-order valence-corrected chi connectivity index (χ0v) is 8.79.